The molecule has 0 atom stereocenters. The summed E-state index contributed by atoms with van der Waals surface area (Å²) in [5.74, 6) is 0.680. The first-order valence-electron chi connectivity index (χ1n) is 7.50. The van der Waals surface area contributed by atoms with Crippen molar-refractivity contribution in [3.63, 3.8) is 0 Å². The molecule has 9 heteroatoms. The van der Waals surface area contributed by atoms with Crippen LogP contribution in [0.15, 0.2) is 10.7 Å². The number of fused-ring (bicyclic) bond motifs is 1. The molecule has 126 valence electrons. The fourth-order valence-electron chi connectivity index (χ4n) is 2.87. The van der Waals surface area contributed by atoms with Gasteiger partial charge in [0.15, 0.2) is 0 Å². The van der Waals surface area contributed by atoms with Crippen LogP contribution in [0.3, 0.4) is 0 Å². The van der Waals surface area contributed by atoms with E-state index in [1.165, 1.54) is 10.8 Å². The van der Waals surface area contributed by atoms with Crippen LogP contribution >= 0.6 is 15.9 Å². The zero-order valence-electron chi connectivity index (χ0n) is 12.6. The molecule has 1 saturated carbocycles. The lowest BCUT2D eigenvalue weighted by atomic mass is 9.94. The Bertz CT molecular complexity index is 819. The van der Waals surface area contributed by atoms with E-state index in [2.05, 4.69) is 31.2 Å². The zero-order chi connectivity index (χ0) is 17.3. The van der Waals surface area contributed by atoms with Crippen molar-refractivity contribution >= 4 is 38.6 Å². The molecular weight excluding hydrogens is 384 g/mol. The predicted octanol–water partition coefficient (Wildman–Crippen LogP) is 3.25. The van der Waals surface area contributed by atoms with Crippen LogP contribution in [0.25, 0.3) is 11.0 Å². The minimum atomic E-state index is -2.60. The van der Waals surface area contributed by atoms with E-state index >= 15 is 0 Å². The van der Waals surface area contributed by atoms with E-state index < -0.39 is 13.0 Å². The Morgan fingerprint density at radius 1 is 1.46 bits per heavy atom. The van der Waals surface area contributed by atoms with Crippen molar-refractivity contribution in [3.8, 4) is 6.07 Å². The molecule has 2 aromatic heterocycles. The van der Waals surface area contributed by atoms with E-state index in [0.717, 1.165) is 0 Å². The zero-order valence-corrected chi connectivity index (χ0v) is 14.2. The third kappa shape index (κ3) is 3.24. The highest BCUT2D eigenvalue weighted by Gasteiger charge is 2.22. The Kier molecular flexibility index (Phi) is 4.76. The van der Waals surface area contributed by atoms with E-state index in [1.807, 2.05) is 6.07 Å². The van der Waals surface area contributed by atoms with Gasteiger partial charge in [0, 0.05) is 18.9 Å². The monoisotopic (exact) mass is 397 g/mol. The number of imidazole rings is 1. The average molecular weight is 398 g/mol. The summed E-state index contributed by atoms with van der Waals surface area (Å²) in [6.07, 6.45) is 1.34. The van der Waals surface area contributed by atoms with Crippen LogP contribution in [0.4, 0.5) is 14.6 Å². The number of hydrogen-bond donors (Lipinski definition) is 1. The number of Topliss-reactive ketones (excluding diaryl/α,β-unsaturated/α-hetero) is 1. The van der Waals surface area contributed by atoms with Crippen molar-refractivity contribution in [1.82, 2.24) is 14.5 Å². The fraction of sp³-hybridized carbons (Fsp3) is 0.467. The molecule has 1 aliphatic rings. The summed E-state index contributed by atoms with van der Waals surface area (Å²) in [6, 6.07) is 1.94. The maximum Gasteiger partial charge on any atom is 0.256 e. The molecule has 0 spiro atoms. The summed E-state index contributed by atoms with van der Waals surface area (Å²) in [4.78, 5) is 19.6. The number of nitriles is 1. The molecule has 0 bridgehead atoms. The van der Waals surface area contributed by atoms with E-state index in [0.29, 0.717) is 47.0 Å². The standard InChI is InChI=1S/C15H14BrF2N5O/c16-13-14-10(22-12(5-19)23(14)7-11(17)18)6-20-15(13)21-8-1-3-9(24)4-2-8/h6,8,11H,1-4,7H2,(H,20,21). The Balaban J connectivity index is 1.97. The topological polar surface area (TPSA) is 83.6 Å². The van der Waals surface area contributed by atoms with Gasteiger partial charge in [-0.2, -0.15) is 5.26 Å². The predicted molar refractivity (Wildman–Crippen MR) is 86.8 cm³/mol. The molecule has 1 fully saturated rings. The maximum absolute atomic E-state index is 12.8. The van der Waals surface area contributed by atoms with Crippen LogP contribution in [0.2, 0.25) is 0 Å². The first-order chi connectivity index (χ1) is 11.5. The number of nitrogens with zero attached hydrogens (tertiary/aromatic N) is 4. The van der Waals surface area contributed by atoms with Crippen molar-refractivity contribution in [2.45, 2.75) is 44.7 Å². The third-order valence-electron chi connectivity index (χ3n) is 4.03. The number of nitrogens with one attached hydrogen (secondary N) is 1. The Labute approximate surface area is 145 Å². The minimum Gasteiger partial charge on any atom is -0.366 e. The second-order valence-electron chi connectivity index (χ2n) is 5.66. The van der Waals surface area contributed by atoms with Gasteiger partial charge in [-0.1, -0.05) is 0 Å². The summed E-state index contributed by atoms with van der Waals surface area (Å²) in [5, 5.41) is 12.4. The lowest BCUT2D eigenvalue weighted by molar-refractivity contribution is -0.120. The van der Waals surface area contributed by atoms with Crippen molar-refractivity contribution in [1.29, 1.82) is 5.26 Å². The highest BCUT2D eigenvalue weighted by Crippen LogP contribution is 2.32. The Morgan fingerprint density at radius 3 is 2.79 bits per heavy atom. The van der Waals surface area contributed by atoms with Crippen molar-refractivity contribution in [2.24, 2.45) is 0 Å². The Morgan fingerprint density at radius 2 is 2.17 bits per heavy atom. The van der Waals surface area contributed by atoms with Gasteiger partial charge in [-0.05, 0) is 28.8 Å². The highest BCUT2D eigenvalue weighted by molar-refractivity contribution is 9.10. The van der Waals surface area contributed by atoms with Gasteiger partial charge in [0.25, 0.3) is 6.43 Å². The van der Waals surface area contributed by atoms with Gasteiger partial charge >= 0.3 is 0 Å². The Hall–Kier alpha value is -2.08. The van der Waals surface area contributed by atoms with Gasteiger partial charge in [-0.3, -0.25) is 4.79 Å². The largest absolute Gasteiger partial charge is 0.366 e. The number of carbonyl (C=O) groups is 1. The molecule has 0 unspecified atom stereocenters. The summed E-state index contributed by atoms with van der Waals surface area (Å²) < 4.78 is 27.4. The van der Waals surface area contributed by atoms with Gasteiger partial charge in [-0.15, -0.1) is 0 Å². The molecule has 0 aliphatic heterocycles. The van der Waals surface area contributed by atoms with Gasteiger partial charge in [0.1, 0.15) is 23.2 Å². The molecule has 2 aromatic rings. The van der Waals surface area contributed by atoms with E-state index in [-0.39, 0.29) is 17.6 Å². The molecule has 3 rings (SSSR count). The molecule has 0 aromatic carbocycles. The number of anilines is 1. The lowest BCUT2D eigenvalue weighted by Crippen LogP contribution is -2.26. The van der Waals surface area contributed by atoms with Gasteiger partial charge in [-0.25, -0.2) is 18.7 Å². The average Bonchev–Trinajstić information content (AvgIpc) is 2.90. The van der Waals surface area contributed by atoms with Crippen LogP contribution in [0.5, 0.6) is 0 Å². The second kappa shape index (κ2) is 6.81. The third-order valence-corrected chi connectivity index (χ3v) is 4.78. The van der Waals surface area contributed by atoms with Gasteiger partial charge in [0.05, 0.1) is 22.7 Å². The van der Waals surface area contributed by atoms with Gasteiger partial charge < -0.3 is 9.88 Å². The first-order valence-corrected chi connectivity index (χ1v) is 8.30. The van der Waals surface area contributed by atoms with E-state index in [9.17, 15) is 13.6 Å². The van der Waals surface area contributed by atoms with E-state index in [1.54, 1.807) is 0 Å². The minimum absolute atomic E-state index is 0.0757. The lowest BCUT2D eigenvalue weighted by Gasteiger charge is -2.23. The molecule has 6 nitrogen and oxygen atoms in total. The molecular formula is C15H14BrF2N5O. The number of alkyl halides is 2. The van der Waals surface area contributed by atoms with Gasteiger partial charge in [0.2, 0.25) is 5.82 Å². The summed E-state index contributed by atoms with van der Waals surface area (Å²) in [7, 11) is 0. The molecule has 1 aliphatic carbocycles. The number of carbonyl (C=O) groups excluding carboxylic acids is 1. The SMILES string of the molecule is N#Cc1nc2cnc(NC3CCC(=O)CC3)c(Br)c2n1CC(F)F. The number of pyridine rings is 1. The van der Waals surface area contributed by atoms with Crippen LogP contribution in [-0.2, 0) is 11.3 Å². The molecule has 0 amide bonds. The molecule has 0 radical (unpaired) electrons. The molecule has 0 saturated heterocycles. The number of rotatable bonds is 4. The first kappa shape index (κ1) is 16.8. The molecule has 1 N–H and O–H groups in total. The quantitative estimate of drug-likeness (QED) is 0.855. The van der Waals surface area contributed by atoms with E-state index in [4.69, 9.17) is 5.26 Å². The number of halogens is 3. The molecule has 24 heavy (non-hydrogen) atoms. The highest BCUT2D eigenvalue weighted by atomic mass is 79.9. The van der Waals surface area contributed by atoms with Crippen LogP contribution in [0.1, 0.15) is 31.5 Å². The smallest absolute Gasteiger partial charge is 0.256 e. The fourth-order valence-corrected chi connectivity index (χ4v) is 3.50. The van der Waals surface area contributed by atoms with Crippen molar-refractivity contribution in [3.05, 3.63) is 16.5 Å². The van der Waals surface area contributed by atoms with Crippen molar-refractivity contribution in [2.75, 3.05) is 5.32 Å². The molecule has 2 heterocycles. The number of aromatic nitrogens is 3. The van der Waals surface area contributed by atoms with Crippen LogP contribution < -0.4 is 5.32 Å². The summed E-state index contributed by atoms with van der Waals surface area (Å²) >= 11 is 3.40. The summed E-state index contributed by atoms with van der Waals surface area (Å²) in [6.45, 7) is -0.612. The second-order valence-corrected chi connectivity index (χ2v) is 6.45. The number of ketones is 1. The number of hydrogen-bond acceptors (Lipinski definition) is 5. The van der Waals surface area contributed by atoms with Crippen molar-refractivity contribution < 1.29 is 13.6 Å². The van der Waals surface area contributed by atoms with Crippen LogP contribution in [-0.4, -0.2) is 32.8 Å². The maximum atomic E-state index is 12.8. The van der Waals surface area contributed by atoms with Crippen LogP contribution in [0, 0.1) is 11.3 Å². The summed E-state index contributed by atoms with van der Waals surface area (Å²) in [5.41, 5.74) is 0.791. The normalized spacial score (nSPS) is 15.9.